The standard InChI is InChI=1S/C24H23N3O5/c1-3-24(31)17-9-19-21-14(10-27(19)22(29)16(17)11-32-23(24)30)8-15-18(25)7-6-13(20(15)26-21)5-4-12(2)28/h6-9,31H,3-5,10-11,25H2,1-2H3. The Balaban J connectivity index is 1.74. The van der Waals surface area contributed by atoms with Gasteiger partial charge < -0.3 is 24.9 Å². The van der Waals surface area contributed by atoms with Crippen LogP contribution in [0.25, 0.3) is 22.3 Å². The van der Waals surface area contributed by atoms with E-state index in [0.717, 1.165) is 16.5 Å². The maximum atomic E-state index is 13.3. The second-order valence-corrected chi connectivity index (χ2v) is 8.51. The van der Waals surface area contributed by atoms with Gasteiger partial charge in [0.05, 0.1) is 29.0 Å². The first kappa shape index (κ1) is 20.4. The fraction of sp³-hybridized carbons (Fsp3) is 0.333. The van der Waals surface area contributed by atoms with Gasteiger partial charge in [-0.2, -0.15) is 0 Å². The molecule has 8 heteroatoms. The molecule has 8 nitrogen and oxygen atoms in total. The van der Waals surface area contributed by atoms with Crippen molar-refractivity contribution in [3.63, 3.8) is 0 Å². The summed E-state index contributed by atoms with van der Waals surface area (Å²) < 4.78 is 6.70. The number of benzene rings is 1. The molecule has 0 amide bonds. The summed E-state index contributed by atoms with van der Waals surface area (Å²) in [5, 5.41) is 11.8. The molecule has 3 N–H and O–H groups in total. The van der Waals surface area contributed by atoms with E-state index in [0.29, 0.717) is 42.0 Å². The van der Waals surface area contributed by atoms with Crippen molar-refractivity contribution in [1.29, 1.82) is 0 Å². The number of fused-ring (bicyclic) bond motifs is 5. The van der Waals surface area contributed by atoms with Crippen LogP contribution in [0.4, 0.5) is 5.69 Å². The van der Waals surface area contributed by atoms with E-state index in [4.69, 9.17) is 15.5 Å². The molecular weight excluding hydrogens is 410 g/mol. The van der Waals surface area contributed by atoms with Gasteiger partial charge in [0.15, 0.2) is 5.60 Å². The van der Waals surface area contributed by atoms with Crippen LogP contribution in [0, 0.1) is 0 Å². The van der Waals surface area contributed by atoms with Crippen molar-refractivity contribution in [3.05, 3.63) is 56.9 Å². The van der Waals surface area contributed by atoms with Crippen molar-refractivity contribution in [1.82, 2.24) is 9.55 Å². The lowest BCUT2D eigenvalue weighted by atomic mass is 9.86. The van der Waals surface area contributed by atoms with E-state index in [2.05, 4.69) is 0 Å². The minimum atomic E-state index is -1.86. The van der Waals surface area contributed by atoms with E-state index >= 15 is 0 Å². The molecule has 1 aromatic carbocycles. The number of aryl methyl sites for hydroxylation is 1. The summed E-state index contributed by atoms with van der Waals surface area (Å²) in [6, 6.07) is 7.31. The summed E-state index contributed by atoms with van der Waals surface area (Å²) in [4.78, 5) is 42.0. The first-order chi connectivity index (χ1) is 15.2. The van der Waals surface area contributed by atoms with Gasteiger partial charge in [-0.25, -0.2) is 9.78 Å². The Labute approximate surface area is 183 Å². The molecule has 0 radical (unpaired) electrons. The number of anilines is 1. The van der Waals surface area contributed by atoms with E-state index in [1.807, 2.05) is 18.2 Å². The van der Waals surface area contributed by atoms with Crippen molar-refractivity contribution in [3.8, 4) is 11.4 Å². The van der Waals surface area contributed by atoms with Crippen LogP contribution in [-0.2, 0) is 39.5 Å². The lowest BCUT2D eigenvalue weighted by Crippen LogP contribution is -2.44. The Hall–Kier alpha value is -3.52. The van der Waals surface area contributed by atoms with E-state index in [1.54, 1.807) is 24.5 Å². The molecule has 1 atom stereocenters. The van der Waals surface area contributed by atoms with Gasteiger partial charge in [0.2, 0.25) is 0 Å². The lowest BCUT2D eigenvalue weighted by Gasteiger charge is -2.31. The van der Waals surface area contributed by atoms with Crippen LogP contribution in [0.3, 0.4) is 0 Å². The van der Waals surface area contributed by atoms with E-state index in [1.165, 1.54) is 0 Å². The van der Waals surface area contributed by atoms with Crippen molar-refractivity contribution in [2.75, 3.05) is 5.73 Å². The molecule has 2 aromatic heterocycles. The molecule has 4 heterocycles. The number of aliphatic hydroxyl groups is 1. The average Bonchev–Trinajstić information content (AvgIpc) is 3.13. The predicted octanol–water partition coefficient (Wildman–Crippen LogP) is 2.18. The molecule has 2 aliphatic rings. The zero-order chi connectivity index (χ0) is 22.8. The van der Waals surface area contributed by atoms with Crippen molar-refractivity contribution in [2.45, 2.75) is 51.9 Å². The minimum absolute atomic E-state index is 0.0883. The molecule has 164 valence electrons. The number of hydrogen-bond donors (Lipinski definition) is 2. The Kier molecular flexibility index (Phi) is 4.46. The van der Waals surface area contributed by atoms with Crippen LogP contribution < -0.4 is 11.3 Å². The molecular formula is C24H23N3O5. The van der Waals surface area contributed by atoms with Crippen LogP contribution in [0.5, 0.6) is 0 Å². The highest BCUT2D eigenvalue weighted by atomic mass is 16.6. The number of esters is 1. The number of carbonyl (C=O) groups excluding carboxylic acids is 2. The molecule has 0 saturated carbocycles. The number of cyclic esters (lactones) is 1. The zero-order valence-electron chi connectivity index (χ0n) is 17.9. The van der Waals surface area contributed by atoms with Crippen LogP contribution in [-0.4, -0.2) is 26.4 Å². The van der Waals surface area contributed by atoms with Crippen LogP contribution in [0.2, 0.25) is 0 Å². The van der Waals surface area contributed by atoms with Crippen molar-refractivity contribution in [2.24, 2.45) is 0 Å². The third-order valence-electron chi connectivity index (χ3n) is 6.54. The second kappa shape index (κ2) is 7.00. The number of pyridine rings is 2. The molecule has 0 bridgehead atoms. The zero-order valence-corrected chi connectivity index (χ0v) is 17.9. The van der Waals surface area contributed by atoms with Gasteiger partial charge >= 0.3 is 5.97 Å². The van der Waals surface area contributed by atoms with Gasteiger partial charge in [-0.1, -0.05) is 13.0 Å². The minimum Gasteiger partial charge on any atom is -0.458 e. The largest absolute Gasteiger partial charge is 0.458 e. The van der Waals surface area contributed by atoms with Gasteiger partial charge in [0.25, 0.3) is 5.56 Å². The van der Waals surface area contributed by atoms with Gasteiger partial charge in [0, 0.05) is 28.6 Å². The number of ketones is 1. The highest BCUT2D eigenvalue weighted by Gasteiger charge is 2.45. The summed E-state index contributed by atoms with van der Waals surface area (Å²) in [6.45, 7) is 3.38. The molecule has 3 aromatic rings. The quantitative estimate of drug-likeness (QED) is 0.373. The molecule has 0 aliphatic carbocycles. The molecule has 1 unspecified atom stereocenters. The summed E-state index contributed by atoms with van der Waals surface area (Å²) in [6.07, 6.45) is 1.02. The fourth-order valence-electron chi connectivity index (χ4n) is 4.66. The summed E-state index contributed by atoms with van der Waals surface area (Å²) in [5.74, 6) is -0.661. The number of hydrogen-bond acceptors (Lipinski definition) is 7. The SMILES string of the molecule is CCC1(O)C(=O)OCc2c1cc1n(c2=O)Cc2cc3c(N)ccc(CCC(C)=O)c3nc2-1. The molecule has 2 aliphatic heterocycles. The second-order valence-electron chi connectivity index (χ2n) is 8.51. The number of nitrogen functional groups attached to an aromatic ring is 1. The number of aromatic nitrogens is 2. The molecule has 5 rings (SSSR count). The number of Topliss-reactive ketones (excluding diaryl/α,β-unsaturated/α-hetero) is 1. The summed E-state index contributed by atoms with van der Waals surface area (Å²) in [5.41, 5.74) is 8.78. The number of nitrogens with zero attached hydrogens (tertiary/aromatic N) is 2. The highest BCUT2D eigenvalue weighted by molar-refractivity contribution is 5.95. The van der Waals surface area contributed by atoms with Crippen molar-refractivity contribution < 1.29 is 19.4 Å². The van der Waals surface area contributed by atoms with Crippen molar-refractivity contribution >= 4 is 28.3 Å². The molecule has 32 heavy (non-hydrogen) atoms. The third-order valence-corrected chi connectivity index (χ3v) is 6.54. The fourth-order valence-corrected chi connectivity index (χ4v) is 4.66. The van der Waals surface area contributed by atoms with Gasteiger partial charge in [-0.3, -0.25) is 4.79 Å². The maximum Gasteiger partial charge on any atom is 0.343 e. The number of rotatable bonds is 4. The Bertz CT molecular complexity index is 1390. The third kappa shape index (κ3) is 2.79. The monoisotopic (exact) mass is 433 g/mol. The van der Waals surface area contributed by atoms with E-state index < -0.39 is 11.6 Å². The first-order valence-electron chi connectivity index (χ1n) is 10.6. The summed E-state index contributed by atoms with van der Waals surface area (Å²) >= 11 is 0. The number of nitrogens with two attached hydrogens (primary N) is 1. The Morgan fingerprint density at radius 2 is 2.09 bits per heavy atom. The van der Waals surface area contributed by atoms with Crippen LogP contribution in [0.1, 0.15) is 48.9 Å². The lowest BCUT2D eigenvalue weighted by molar-refractivity contribution is -0.172. The highest BCUT2D eigenvalue weighted by Crippen LogP contribution is 2.39. The smallest absolute Gasteiger partial charge is 0.343 e. The number of ether oxygens (including phenoxy) is 1. The van der Waals surface area contributed by atoms with Crippen LogP contribution in [0.15, 0.2) is 29.1 Å². The summed E-state index contributed by atoms with van der Waals surface area (Å²) in [7, 11) is 0. The Morgan fingerprint density at radius 1 is 1.31 bits per heavy atom. The Morgan fingerprint density at radius 3 is 2.81 bits per heavy atom. The average molecular weight is 433 g/mol. The maximum absolute atomic E-state index is 13.3. The molecule has 0 spiro atoms. The van der Waals surface area contributed by atoms with Gasteiger partial charge in [-0.05, 0) is 43.5 Å². The molecule has 0 fully saturated rings. The van der Waals surface area contributed by atoms with E-state index in [9.17, 15) is 19.5 Å². The predicted molar refractivity (Wildman–Crippen MR) is 118 cm³/mol. The number of carbonyl (C=O) groups is 2. The van der Waals surface area contributed by atoms with E-state index in [-0.39, 0.29) is 35.5 Å². The molecule has 0 saturated heterocycles. The normalized spacial score (nSPS) is 18.8. The van der Waals surface area contributed by atoms with Crippen LogP contribution >= 0.6 is 0 Å². The first-order valence-corrected chi connectivity index (χ1v) is 10.6. The van der Waals surface area contributed by atoms with Gasteiger partial charge in [-0.15, -0.1) is 0 Å². The van der Waals surface area contributed by atoms with Gasteiger partial charge in [0.1, 0.15) is 12.4 Å². The topological polar surface area (TPSA) is 125 Å².